The standard InChI is InChI=1S/C21H29N5OS.HI/c1-15-13-23-19(28-15)10-11-22-21(24-14-20(27)26(2)3)25-18-9-8-16-6-4-5-7-17(16)12-18;/h4-7,13,18H,8-12,14H2,1-3H3,(H2,22,24,25);1H. The molecule has 1 unspecified atom stereocenters. The Morgan fingerprint density at radius 1 is 1.31 bits per heavy atom. The smallest absolute Gasteiger partial charge is 0.243 e. The molecule has 0 spiro atoms. The van der Waals surface area contributed by atoms with Crippen LogP contribution < -0.4 is 10.6 Å². The van der Waals surface area contributed by atoms with E-state index in [1.807, 2.05) is 6.20 Å². The highest BCUT2D eigenvalue weighted by Crippen LogP contribution is 2.21. The average Bonchev–Trinajstić information content (AvgIpc) is 3.10. The van der Waals surface area contributed by atoms with Crippen LogP contribution in [0, 0.1) is 6.92 Å². The van der Waals surface area contributed by atoms with Gasteiger partial charge in [-0.25, -0.2) is 9.98 Å². The third-order valence-electron chi connectivity index (χ3n) is 4.86. The number of nitrogens with one attached hydrogen (secondary N) is 2. The number of aryl methyl sites for hydroxylation is 2. The fourth-order valence-electron chi connectivity index (χ4n) is 3.26. The minimum Gasteiger partial charge on any atom is -0.356 e. The van der Waals surface area contributed by atoms with Crippen molar-refractivity contribution in [2.45, 2.75) is 38.6 Å². The fourth-order valence-corrected chi connectivity index (χ4v) is 4.05. The van der Waals surface area contributed by atoms with Gasteiger partial charge in [0, 0.05) is 44.2 Å². The van der Waals surface area contributed by atoms with Gasteiger partial charge in [0.05, 0.1) is 5.01 Å². The number of hydrogen-bond donors (Lipinski definition) is 2. The molecule has 6 nitrogen and oxygen atoms in total. The van der Waals surface area contributed by atoms with Crippen LogP contribution in [0.4, 0.5) is 0 Å². The van der Waals surface area contributed by atoms with E-state index < -0.39 is 0 Å². The Morgan fingerprint density at radius 3 is 2.76 bits per heavy atom. The highest BCUT2D eigenvalue weighted by molar-refractivity contribution is 14.0. The predicted molar refractivity (Wildman–Crippen MR) is 130 cm³/mol. The summed E-state index contributed by atoms with van der Waals surface area (Å²) in [5.74, 6) is 0.693. The van der Waals surface area contributed by atoms with Crippen LogP contribution in [0.5, 0.6) is 0 Å². The molecule has 1 heterocycles. The first-order valence-corrected chi connectivity index (χ1v) is 10.6. The van der Waals surface area contributed by atoms with Gasteiger partial charge < -0.3 is 15.5 Å². The summed E-state index contributed by atoms with van der Waals surface area (Å²) in [6.07, 6.45) is 5.85. The first-order valence-electron chi connectivity index (χ1n) is 9.74. The molecule has 0 bridgehead atoms. The van der Waals surface area contributed by atoms with Gasteiger partial charge in [-0.1, -0.05) is 24.3 Å². The monoisotopic (exact) mass is 527 g/mol. The maximum Gasteiger partial charge on any atom is 0.243 e. The van der Waals surface area contributed by atoms with Gasteiger partial charge in [-0.2, -0.15) is 0 Å². The van der Waals surface area contributed by atoms with Gasteiger partial charge in [0.25, 0.3) is 0 Å². The Morgan fingerprint density at radius 2 is 2.07 bits per heavy atom. The van der Waals surface area contributed by atoms with Gasteiger partial charge in [0.15, 0.2) is 5.96 Å². The topological polar surface area (TPSA) is 69.6 Å². The van der Waals surface area contributed by atoms with E-state index in [1.54, 1.807) is 30.3 Å². The van der Waals surface area contributed by atoms with Gasteiger partial charge in [-0.3, -0.25) is 4.79 Å². The first-order chi connectivity index (χ1) is 13.5. The van der Waals surface area contributed by atoms with Crippen LogP contribution >= 0.6 is 35.3 Å². The van der Waals surface area contributed by atoms with Crippen molar-refractivity contribution in [2.75, 3.05) is 27.2 Å². The molecule has 1 aliphatic rings. The molecule has 0 fully saturated rings. The van der Waals surface area contributed by atoms with Crippen LogP contribution in [0.25, 0.3) is 0 Å². The molecule has 1 aromatic heterocycles. The molecule has 0 saturated carbocycles. The van der Waals surface area contributed by atoms with Crippen LogP contribution in [0.2, 0.25) is 0 Å². The molecule has 8 heteroatoms. The number of halogens is 1. The number of thiazole rings is 1. The van der Waals surface area contributed by atoms with Crippen molar-refractivity contribution < 1.29 is 4.79 Å². The van der Waals surface area contributed by atoms with Crippen molar-refractivity contribution in [2.24, 2.45) is 4.99 Å². The van der Waals surface area contributed by atoms with Crippen molar-refractivity contribution in [1.29, 1.82) is 0 Å². The van der Waals surface area contributed by atoms with Gasteiger partial charge in [0.1, 0.15) is 6.54 Å². The van der Waals surface area contributed by atoms with Crippen molar-refractivity contribution in [3.05, 3.63) is 51.5 Å². The summed E-state index contributed by atoms with van der Waals surface area (Å²) in [5.41, 5.74) is 2.84. The number of likely N-dealkylation sites (N-methyl/N-ethyl adjacent to an activating group) is 1. The number of nitrogens with zero attached hydrogens (tertiary/aromatic N) is 3. The van der Waals surface area contributed by atoms with Gasteiger partial charge >= 0.3 is 0 Å². The minimum absolute atomic E-state index is 0. The molecular weight excluding hydrogens is 497 g/mol. The van der Waals surface area contributed by atoms with E-state index in [4.69, 9.17) is 0 Å². The van der Waals surface area contributed by atoms with E-state index in [-0.39, 0.29) is 36.4 Å². The SMILES string of the molecule is Cc1cnc(CCNC(=NCC(=O)N(C)C)NC2CCc3ccccc3C2)s1.I. The molecule has 158 valence electrons. The Bertz CT molecular complexity index is 836. The molecule has 1 aliphatic carbocycles. The maximum atomic E-state index is 12.0. The molecule has 29 heavy (non-hydrogen) atoms. The lowest BCUT2D eigenvalue weighted by atomic mass is 9.88. The number of aliphatic imine (C=N–C) groups is 1. The number of amides is 1. The number of benzene rings is 1. The number of hydrogen-bond acceptors (Lipinski definition) is 4. The quantitative estimate of drug-likeness (QED) is 0.345. The normalized spacial score (nSPS) is 15.8. The molecule has 0 radical (unpaired) electrons. The highest BCUT2D eigenvalue weighted by Gasteiger charge is 2.19. The third kappa shape index (κ3) is 7.26. The summed E-state index contributed by atoms with van der Waals surface area (Å²) >= 11 is 1.72. The molecule has 2 N–H and O–H groups in total. The molecule has 1 atom stereocenters. The van der Waals surface area contributed by atoms with Crippen LogP contribution in [-0.2, 0) is 24.1 Å². The van der Waals surface area contributed by atoms with Crippen LogP contribution in [-0.4, -0.2) is 55.0 Å². The maximum absolute atomic E-state index is 12.0. The molecule has 0 saturated heterocycles. The number of carbonyl (C=O) groups is 1. The van der Waals surface area contributed by atoms with E-state index in [0.29, 0.717) is 12.0 Å². The molecular formula is C21H30IN5OS. The lowest BCUT2D eigenvalue weighted by molar-refractivity contribution is -0.127. The summed E-state index contributed by atoms with van der Waals surface area (Å²) in [6, 6.07) is 8.94. The van der Waals surface area contributed by atoms with Crippen LogP contribution in [0.15, 0.2) is 35.5 Å². The van der Waals surface area contributed by atoms with E-state index >= 15 is 0 Å². The van der Waals surface area contributed by atoms with E-state index in [2.05, 4.69) is 51.8 Å². The molecule has 3 rings (SSSR count). The number of fused-ring (bicyclic) bond motifs is 1. The second kappa shape index (κ2) is 11.5. The Balaban J connectivity index is 0.00000300. The number of guanidine groups is 1. The number of rotatable bonds is 6. The summed E-state index contributed by atoms with van der Waals surface area (Å²) in [7, 11) is 3.50. The van der Waals surface area contributed by atoms with Gasteiger partial charge in [-0.15, -0.1) is 35.3 Å². The largest absolute Gasteiger partial charge is 0.356 e. The fraction of sp³-hybridized carbons (Fsp3) is 0.476. The van der Waals surface area contributed by atoms with E-state index in [1.165, 1.54) is 16.0 Å². The zero-order valence-electron chi connectivity index (χ0n) is 17.3. The zero-order chi connectivity index (χ0) is 19.9. The Labute approximate surface area is 194 Å². The van der Waals surface area contributed by atoms with Gasteiger partial charge in [-0.05, 0) is 37.3 Å². The van der Waals surface area contributed by atoms with Crippen molar-refractivity contribution in [1.82, 2.24) is 20.5 Å². The van der Waals surface area contributed by atoms with E-state index in [0.717, 1.165) is 37.2 Å². The van der Waals surface area contributed by atoms with Crippen LogP contribution in [0.1, 0.15) is 27.4 Å². The second-order valence-electron chi connectivity index (χ2n) is 7.35. The molecule has 1 amide bonds. The minimum atomic E-state index is -0.00867. The molecule has 1 aromatic carbocycles. The molecule has 0 aliphatic heterocycles. The summed E-state index contributed by atoms with van der Waals surface area (Å²) in [4.78, 5) is 23.7. The lowest BCUT2D eigenvalue weighted by Crippen LogP contribution is -2.46. The van der Waals surface area contributed by atoms with Crippen molar-refractivity contribution in [3.8, 4) is 0 Å². The summed E-state index contributed by atoms with van der Waals surface area (Å²) in [6.45, 7) is 2.94. The third-order valence-corrected chi connectivity index (χ3v) is 5.83. The summed E-state index contributed by atoms with van der Waals surface area (Å²) in [5, 5.41) is 8.02. The van der Waals surface area contributed by atoms with Crippen molar-refractivity contribution in [3.63, 3.8) is 0 Å². The first kappa shape index (κ1) is 23.6. The van der Waals surface area contributed by atoms with Gasteiger partial charge in [0.2, 0.25) is 5.91 Å². The van der Waals surface area contributed by atoms with Crippen LogP contribution in [0.3, 0.4) is 0 Å². The predicted octanol–water partition coefficient (Wildman–Crippen LogP) is 2.79. The zero-order valence-corrected chi connectivity index (χ0v) is 20.4. The second-order valence-corrected chi connectivity index (χ2v) is 8.67. The number of carbonyl (C=O) groups excluding carboxylic acids is 1. The lowest BCUT2D eigenvalue weighted by Gasteiger charge is -2.27. The number of aromatic nitrogens is 1. The highest BCUT2D eigenvalue weighted by atomic mass is 127. The van der Waals surface area contributed by atoms with E-state index in [9.17, 15) is 4.79 Å². The average molecular weight is 527 g/mol. The molecule has 2 aromatic rings. The summed E-state index contributed by atoms with van der Waals surface area (Å²) < 4.78 is 0. The Kier molecular flexibility index (Phi) is 9.35. The Hall–Kier alpha value is -1.68. The van der Waals surface area contributed by atoms with Crippen molar-refractivity contribution >= 4 is 47.2 Å².